The Hall–Kier alpha value is -1.55. The van der Waals surface area contributed by atoms with Crippen LogP contribution in [0.5, 0.6) is 5.75 Å². The van der Waals surface area contributed by atoms with Crippen LogP contribution >= 0.6 is 0 Å². The Morgan fingerprint density at radius 3 is 2.70 bits per heavy atom. The topological polar surface area (TPSA) is 64.3 Å². The molecule has 20 heavy (non-hydrogen) atoms. The first-order chi connectivity index (χ1) is 9.60. The fourth-order valence-electron chi connectivity index (χ4n) is 1.89. The van der Waals surface area contributed by atoms with Crippen LogP contribution in [0.25, 0.3) is 0 Å². The van der Waals surface area contributed by atoms with Gasteiger partial charge in [-0.15, -0.1) is 0 Å². The molecule has 0 radical (unpaired) electrons. The van der Waals surface area contributed by atoms with Gasteiger partial charge in [-0.05, 0) is 25.8 Å². The van der Waals surface area contributed by atoms with Crippen molar-refractivity contribution in [2.24, 2.45) is 5.73 Å². The van der Waals surface area contributed by atoms with Gasteiger partial charge in [0.25, 0.3) is 5.91 Å². The van der Waals surface area contributed by atoms with Gasteiger partial charge >= 0.3 is 0 Å². The van der Waals surface area contributed by atoms with Crippen molar-refractivity contribution in [3.63, 3.8) is 0 Å². The summed E-state index contributed by atoms with van der Waals surface area (Å²) in [6.45, 7) is 6.57. The first kappa shape index (κ1) is 16.5. The molecule has 1 aromatic rings. The Labute approximate surface area is 121 Å². The summed E-state index contributed by atoms with van der Waals surface area (Å²) in [5.41, 5.74) is 7.01. The summed E-state index contributed by atoms with van der Waals surface area (Å²) in [6, 6.07) is 7.57. The number of benzene rings is 1. The minimum Gasteiger partial charge on any atom is -0.481 e. The van der Waals surface area contributed by atoms with E-state index in [-0.39, 0.29) is 11.9 Å². The second-order valence-electron chi connectivity index (χ2n) is 4.96. The van der Waals surface area contributed by atoms with Crippen molar-refractivity contribution in [3.8, 4) is 5.75 Å². The zero-order valence-corrected chi connectivity index (χ0v) is 12.7. The number of hydrogen-bond donors (Lipinski definition) is 2. The van der Waals surface area contributed by atoms with E-state index < -0.39 is 6.10 Å². The maximum absolute atomic E-state index is 11.9. The molecule has 1 aromatic carbocycles. The number of ether oxygens (including phenoxy) is 1. The maximum atomic E-state index is 11.9. The van der Waals surface area contributed by atoms with Crippen molar-refractivity contribution in [2.45, 2.75) is 52.2 Å². The molecule has 0 fully saturated rings. The third-order valence-electron chi connectivity index (χ3n) is 3.26. The van der Waals surface area contributed by atoms with Crippen LogP contribution in [0.1, 0.15) is 51.6 Å². The lowest BCUT2D eigenvalue weighted by Crippen LogP contribution is -2.37. The number of carbonyl (C=O) groups excluding carboxylic acids is 1. The van der Waals surface area contributed by atoms with E-state index in [2.05, 4.69) is 12.2 Å². The van der Waals surface area contributed by atoms with Gasteiger partial charge in [0.15, 0.2) is 6.10 Å². The molecule has 1 amide bonds. The first-order valence-corrected chi connectivity index (χ1v) is 7.39. The van der Waals surface area contributed by atoms with Gasteiger partial charge in [0.2, 0.25) is 0 Å². The molecule has 0 aliphatic rings. The zero-order valence-electron chi connectivity index (χ0n) is 12.7. The van der Waals surface area contributed by atoms with E-state index in [1.54, 1.807) is 6.92 Å². The average molecular weight is 278 g/mol. The average Bonchev–Trinajstić information content (AvgIpc) is 2.47. The molecule has 4 nitrogen and oxygen atoms in total. The van der Waals surface area contributed by atoms with Gasteiger partial charge in [0.1, 0.15) is 5.75 Å². The van der Waals surface area contributed by atoms with Crippen LogP contribution in [0.3, 0.4) is 0 Å². The third kappa shape index (κ3) is 4.85. The van der Waals surface area contributed by atoms with Crippen LogP contribution < -0.4 is 15.8 Å². The number of rotatable bonds is 8. The van der Waals surface area contributed by atoms with Crippen molar-refractivity contribution in [1.82, 2.24) is 5.32 Å². The van der Waals surface area contributed by atoms with E-state index in [1.807, 2.05) is 31.2 Å². The third-order valence-corrected chi connectivity index (χ3v) is 3.26. The lowest BCUT2D eigenvalue weighted by Gasteiger charge is -2.19. The number of nitrogens with two attached hydrogens (primary N) is 1. The van der Waals surface area contributed by atoms with Gasteiger partial charge in [-0.2, -0.15) is 0 Å². The molecular weight excluding hydrogens is 252 g/mol. The highest BCUT2D eigenvalue weighted by atomic mass is 16.5. The predicted molar refractivity (Wildman–Crippen MR) is 81.7 cm³/mol. The standard InChI is InChI=1S/C16H26N2O2/c1-4-6-11-18-16(19)12(3)20-15-10-8-7-9-13(15)14(17)5-2/h7-10,12,14H,4-6,11,17H2,1-3H3,(H,18,19)/t12?,14-/m1/s1. The van der Waals surface area contributed by atoms with Crippen LogP contribution in [-0.4, -0.2) is 18.6 Å². The number of nitrogens with one attached hydrogen (secondary N) is 1. The van der Waals surface area contributed by atoms with Crippen molar-refractivity contribution in [1.29, 1.82) is 0 Å². The maximum Gasteiger partial charge on any atom is 0.260 e. The Morgan fingerprint density at radius 1 is 1.35 bits per heavy atom. The summed E-state index contributed by atoms with van der Waals surface area (Å²) in [5.74, 6) is 0.610. The molecule has 0 saturated heterocycles. The normalized spacial score (nSPS) is 13.6. The summed E-state index contributed by atoms with van der Waals surface area (Å²) in [7, 11) is 0. The van der Waals surface area contributed by atoms with E-state index >= 15 is 0 Å². The molecule has 0 bridgehead atoms. The molecule has 0 aliphatic heterocycles. The van der Waals surface area contributed by atoms with E-state index in [0.717, 1.165) is 24.8 Å². The second-order valence-corrected chi connectivity index (χ2v) is 4.96. The fourth-order valence-corrected chi connectivity index (χ4v) is 1.89. The molecular formula is C16H26N2O2. The Morgan fingerprint density at radius 2 is 2.05 bits per heavy atom. The Kier molecular flexibility index (Phi) is 7.09. The quantitative estimate of drug-likeness (QED) is 0.719. The highest BCUT2D eigenvalue weighted by Gasteiger charge is 2.17. The van der Waals surface area contributed by atoms with Crippen LogP contribution in [0.2, 0.25) is 0 Å². The molecule has 1 unspecified atom stereocenters. The van der Waals surface area contributed by atoms with Gasteiger partial charge in [0, 0.05) is 18.2 Å². The smallest absolute Gasteiger partial charge is 0.260 e. The van der Waals surface area contributed by atoms with Crippen molar-refractivity contribution >= 4 is 5.91 Å². The summed E-state index contributed by atoms with van der Waals surface area (Å²) >= 11 is 0. The lowest BCUT2D eigenvalue weighted by molar-refractivity contribution is -0.127. The molecule has 1 rings (SSSR count). The molecule has 0 spiro atoms. The van der Waals surface area contributed by atoms with Gasteiger partial charge in [-0.25, -0.2) is 0 Å². The molecule has 4 heteroatoms. The summed E-state index contributed by atoms with van der Waals surface area (Å²) < 4.78 is 5.77. The predicted octanol–water partition coefficient (Wildman–Crippen LogP) is 2.78. The number of unbranched alkanes of at least 4 members (excludes halogenated alkanes) is 1. The molecule has 0 heterocycles. The van der Waals surface area contributed by atoms with E-state index in [0.29, 0.717) is 12.3 Å². The fraction of sp³-hybridized carbons (Fsp3) is 0.562. The Bertz CT molecular complexity index is 421. The lowest BCUT2D eigenvalue weighted by atomic mass is 10.0. The molecule has 0 aromatic heterocycles. The van der Waals surface area contributed by atoms with Crippen LogP contribution in [0.15, 0.2) is 24.3 Å². The number of carbonyl (C=O) groups is 1. The van der Waals surface area contributed by atoms with Crippen LogP contribution in [-0.2, 0) is 4.79 Å². The van der Waals surface area contributed by atoms with Crippen LogP contribution in [0, 0.1) is 0 Å². The molecule has 3 N–H and O–H groups in total. The molecule has 0 saturated carbocycles. The largest absolute Gasteiger partial charge is 0.481 e. The van der Waals surface area contributed by atoms with Crippen molar-refractivity contribution in [2.75, 3.05) is 6.54 Å². The first-order valence-electron chi connectivity index (χ1n) is 7.39. The van der Waals surface area contributed by atoms with Crippen molar-refractivity contribution < 1.29 is 9.53 Å². The van der Waals surface area contributed by atoms with E-state index in [9.17, 15) is 4.79 Å². The zero-order chi connectivity index (χ0) is 15.0. The highest BCUT2D eigenvalue weighted by Crippen LogP contribution is 2.26. The number of hydrogen-bond acceptors (Lipinski definition) is 3. The second kappa shape index (κ2) is 8.59. The van der Waals surface area contributed by atoms with Gasteiger partial charge in [0.05, 0.1) is 0 Å². The van der Waals surface area contributed by atoms with Crippen LogP contribution in [0.4, 0.5) is 0 Å². The summed E-state index contributed by atoms with van der Waals surface area (Å²) in [4.78, 5) is 11.9. The Balaban J connectivity index is 2.65. The monoisotopic (exact) mass is 278 g/mol. The van der Waals surface area contributed by atoms with Crippen molar-refractivity contribution in [3.05, 3.63) is 29.8 Å². The summed E-state index contributed by atoms with van der Waals surface area (Å²) in [5, 5.41) is 2.87. The molecule has 2 atom stereocenters. The van der Waals surface area contributed by atoms with Gasteiger partial charge in [-0.3, -0.25) is 4.79 Å². The minimum atomic E-state index is -0.517. The van der Waals surface area contributed by atoms with Gasteiger partial charge in [-0.1, -0.05) is 38.5 Å². The molecule has 112 valence electrons. The van der Waals surface area contributed by atoms with E-state index in [4.69, 9.17) is 10.5 Å². The minimum absolute atomic E-state index is 0.0680. The van der Waals surface area contributed by atoms with Gasteiger partial charge < -0.3 is 15.8 Å². The van der Waals surface area contributed by atoms with E-state index in [1.165, 1.54) is 0 Å². The highest BCUT2D eigenvalue weighted by molar-refractivity contribution is 5.80. The summed E-state index contributed by atoms with van der Waals surface area (Å²) in [6.07, 6.45) is 2.36. The SMILES string of the molecule is CCCCNC(=O)C(C)Oc1ccccc1[C@H](N)CC. The number of amides is 1. The molecule has 0 aliphatic carbocycles. The number of para-hydroxylation sites is 1.